The molecule has 1 saturated heterocycles. The second kappa shape index (κ2) is 6.63. The molecule has 1 heterocycles. The van der Waals surface area contributed by atoms with Gasteiger partial charge in [0.25, 0.3) is 11.1 Å². The second-order valence-corrected chi connectivity index (χ2v) is 5.20. The highest BCUT2D eigenvalue weighted by atomic mass is 35.5. The van der Waals surface area contributed by atoms with Gasteiger partial charge in [0.2, 0.25) is 0 Å². The Morgan fingerprint density at radius 2 is 2.00 bits per heavy atom. The van der Waals surface area contributed by atoms with Gasteiger partial charge in [-0.1, -0.05) is 12.1 Å². The zero-order valence-electron chi connectivity index (χ0n) is 10.0. The largest absolute Gasteiger partial charge is 0.494 e. The van der Waals surface area contributed by atoms with E-state index in [0.717, 1.165) is 29.5 Å². The summed E-state index contributed by atoms with van der Waals surface area (Å²) in [5.74, 6) is 0.981. The van der Waals surface area contributed by atoms with Crippen LogP contribution in [0.2, 0.25) is 0 Å². The maximum atomic E-state index is 11.4. The van der Waals surface area contributed by atoms with Crippen LogP contribution < -0.4 is 10.1 Å². The van der Waals surface area contributed by atoms with Crippen molar-refractivity contribution in [3.8, 4) is 5.75 Å². The summed E-state index contributed by atoms with van der Waals surface area (Å²) in [7, 11) is 0. The number of alkyl halides is 1. The van der Waals surface area contributed by atoms with Crippen molar-refractivity contribution in [2.24, 2.45) is 0 Å². The number of hydrogen-bond acceptors (Lipinski definition) is 4. The standard InChI is InChI=1S/C13H12ClNO3S/c14-6-1-7-18-10-4-2-9(3-5-10)8-11-12(16)15-13(17)19-11/h2-5,8H,1,6-7H2,(H,15,16,17). The predicted molar refractivity (Wildman–Crippen MR) is 76.4 cm³/mol. The van der Waals surface area contributed by atoms with Crippen molar-refractivity contribution >= 4 is 40.6 Å². The molecule has 6 heteroatoms. The SMILES string of the molecule is O=C1NC(=O)C(=Cc2ccc(OCCCCl)cc2)S1. The fourth-order valence-electron chi connectivity index (χ4n) is 1.48. The quantitative estimate of drug-likeness (QED) is 0.516. The summed E-state index contributed by atoms with van der Waals surface area (Å²) in [6.07, 6.45) is 2.47. The van der Waals surface area contributed by atoms with Crippen molar-refractivity contribution in [2.75, 3.05) is 12.5 Å². The van der Waals surface area contributed by atoms with Crippen molar-refractivity contribution in [3.05, 3.63) is 34.7 Å². The molecule has 0 unspecified atom stereocenters. The Morgan fingerprint density at radius 3 is 2.58 bits per heavy atom. The van der Waals surface area contributed by atoms with Crippen LogP contribution in [0.15, 0.2) is 29.2 Å². The molecule has 0 spiro atoms. The third-order valence-corrected chi connectivity index (χ3v) is 3.44. The lowest BCUT2D eigenvalue weighted by Gasteiger charge is -2.04. The number of benzene rings is 1. The molecule has 1 aromatic rings. The zero-order valence-corrected chi connectivity index (χ0v) is 11.6. The smallest absolute Gasteiger partial charge is 0.290 e. The third kappa shape index (κ3) is 4.01. The van der Waals surface area contributed by atoms with Gasteiger partial charge in [-0.05, 0) is 42.0 Å². The van der Waals surface area contributed by atoms with Crippen LogP contribution in [-0.4, -0.2) is 23.6 Å². The Bertz CT molecular complexity index is 513. The summed E-state index contributed by atoms with van der Waals surface area (Å²) in [4.78, 5) is 22.8. The molecule has 1 aromatic carbocycles. The van der Waals surface area contributed by atoms with E-state index >= 15 is 0 Å². The van der Waals surface area contributed by atoms with E-state index < -0.39 is 0 Å². The van der Waals surface area contributed by atoms with Crippen LogP contribution in [-0.2, 0) is 4.79 Å². The lowest BCUT2D eigenvalue weighted by Crippen LogP contribution is -2.17. The minimum Gasteiger partial charge on any atom is -0.494 e. The maximum Gasteiger partial charge on any atom is 0.290 e. The van der Waals surface area contributed by atoms with Crippen LogP contribution in [0.1, 0.15) is 12.0 Å². The van der Waals surface area contributed by atoms with Crippen LogP contribution in [0, 0.1) is 0 Å². The molecule has 1 aliphatic rings. The number of rotatable bonds is 5. The number of ether oxygens (including phenoxy) is 1. The number of carbonyl (C=O) groups is 2. The van der Waals surface area contributed by atoms with Crippen molar-refractivity contribution < 1.29 is 14.3 Å². The van der Waals surface area contributed by atoms with Gasteiger partial charge in [0.05, 0.1) is 11.5 Å². The van der Waals surface area contributed by atoms with Crippen LogP contribution in [0.5, 0.6) is 5.75 Å². The average molecular weight is 298 g/mol. The van der Waals surface area contributed by atoms with E-state index in [1.165, 1.54) is 0 Å². The van der Waals surface area contributed by atoms with Gasteiger partial charge in [-0.2, -0.15) is 0 Å². The molecule has 1 N–H and O–H groups in total. The topological polar surface area (TPSA) is 55.4 Å². The Hall–Kier alpha value is -1.46. The summed E-state index contributed by atoms with van der Waals surface area (Å²) < 4.78 is 5.47. The van der Waals surface area contributed by atoms with E-state index in [2.05, 4.69) is 5.32 Å². The number of thioether (sulfide) groups is 1. The van der Waals surface area contributed by atoms with Crippen molar-refractivity contribution in [1.82, 2.24) is 5.32 Å². The van der Waals surface area contributed by atoms with Crippen LogP contribution in [0.3, 0.4) is 0 Å². The Balaban J connectivity index is 2.00. The number of carbonyl (C=O) groups excluding carboxylic acids is 2. The fraction of sp³-hybridized carbons (Fsp3) is 0.231. The number of hydrogen-bond donors (Lipinski definition) is 1. The summed E-state index contributed by atoms with van der Waals surface area (Å²) in [5, 5.41) is 1.88. The molecular weight excluding hydrogens is 286 g/mol. The first-order valence-electron chi connectivity index (χ1n) is 5.73. The molecule has 1 aliphatic heterocycles. The van der Waals surface area contributed by atoms with Gasteiger partial charge in [0, 0.05) is 5.88 Å². The van der Waals surface area contributed by atoms with E-state index in [-0.39, 0.29) is 11.1 Å². The van der Waals surface area contributed by atoms with E-state index in [1.807, 2.05) is 24.3 Å². The van der Waals surface area contributed by atoms with Gasteiger partial charge < -0.3 is 4.74 Å². The number of nitrogens with one attached hydrogen (secondary N) is 1. The predicted octanol–water partition coefficient (Wildman–Crippen LogP) is 3.02. The fourth-order valence-corrected chi connectivity index (χ4v) is 2.27. The first-order chi connectivity index (χ1) is 9.19. The van der Waals surface area contributed by atoms with E-state index in [0.29, 0.717) is 17.4 Å². The normalized spacial score (nSPS) is 16.8. The summed E-state index contributed by atoms with van der Waals surface area (Å²) in [5.41, 5.74) is 0.844. The number of amides is 2. The summed E-state index contributed by atoms with van der Waals surface area (Å²) >= 11 is 6.46. The number of halogens is 1. The lowest BCUT2D eigenvalue weighted by atomic mass is 10.2. The first-order valence-corrected chi connectivity index (χ1v) is 7.08. The van der Waals surface area contributed by atoms with Gasteiger partial charge in [0.1, 0.15) is 5.75 Å². The molecule has 0 aromatic heterocycles. The minimum absolute atomic E-state index is 0.336. The second-order valence-electron chi connectivity index (χ2n) is 3.81. The van der Waals surface area contributed by atoms with E-state index in [4.69, 9.17) is 16.3 Å². The Kier molecular flexibility index (Phi) is 4.87. The molecule has 0 radical (unpaired) electrons. The first kappa shape index (κ1) is 14.0. The molecular formula is C13H12ClNO3S. The lowest BCUT2D eigenvalue weighted by molar-refractivity contribution is -0.115. The van der Waals surface area contributed by atoms with E-state index in [1.54, 1.807) is 6.08 Å². The molecule has 100 valence electrons. The molecule has 2 rings (SSSR count). The van der Waals surface area contributed by atoms with Crippen molar-refractivity contribution in [1.29, 1.82) is 0 Å². The van der Waals surface area contributed by atoms with Gasteiger partial charge in [-0.15, -0.1) is 11.6 Å². The Morgan fingerprint density at radius 1 is 1.26 bits per heavy atom. The average Bonchev–Trinajstić information content (AvgIpc) is 2.70. The third-order valence-electron chi connectivity index (χ3n) is 2.37. The van der Waals surface area contributed by atoms with Gasteiger partial charge >= 0.3 is 0 Å². The van der Waals surface area contributed by atoms with Crippen LogP contribution in [0.4, 0.5) is 4.79 Å². The monoisotopic (exact) mass is 297 g/mol. The molecule has 0 bridgehead atoms. The molecule has 0 aliphatic carbocycles. The molecule has 2 amide bonds. The molecule has 1 fully saturated rings. The molecule has 19 heavy (non-hydrogen) atoms. The summed E-state index contributed by atoms with van der Waals surface area (Å²) in [6, 6.07) is 7.30. The van der Waals surface area contributed by atoms with Gasteiger partial charge in [0.15, 0.2) is 0 Å². The van der Waals surface area contributed by atoms with E-state index in [9.17, 15) is 9.59 Å². The van der Waals surface area contributed by atoms with Gasteiger partial charge in [-0.25, -0.2) is 0 Å². The molecule has 0 saturated carbocycles. The zero-order chi connectivity index (χ0) is 13.7. The number of imide groups is 1. The van der Waals surface area contributed by atoms with Gasteiger partial charge in [-0.3, -0.25) is 14.9 Å². The molecule has 0 atom stereocenters. The summed E-state index contributed by atoms with van der Waals surface area (Å²) in [6.45, 7) is 0.580. The highest BCUT2D eigenvalue weighted by molar-refractivity contribution is 8.18. The maximum absolute atomic E-state index is 11.4. The minimum atomic E-state index is -0.350. The van der Waals surface area contributed by atoms with Crippen LogP contribution >= 0.6 is 23.4 Å². The Labute approximate surface area is 120 Å². The highest BCUT2D eigenvalue weighted by Crippen LogP contribution is 2.26. The molecule has 4 nitrogen and oxygen atoms in total. The van der Waals surface area contributed by atoms with Crippen molar-refractivity contribution in [2.45, 2.75) is 6.42 Å². The van der Waals surface area contributed by atoms with Crippen LogP contribution in [0.25, 0.3) is 6.08 Å². The van der Waals surface area contributed by atoms with Crippen molar-refractivity contribution in [3.63, 3.8) is 0 Å². The highest BCUT2D eigenvalue weighted by Gasteiger charge is 2.24.